The zero-order valence-electron chi connectivity index (χ0n) is 12.2. The fourth-order valence-electron chi connectivity index (χ4n) is 2.66. The van der Waals surface area contributed by atoms with Gasteiger partial charge in [-0.15, -0.1) is 0 Å². The molecule has 114 valence electrons. The number of hydrogen-bond donors (Lipinski definition) is 1. The molecule has 1 aromatic rings. The standard InChI is InChI=1S/C15H19FN2OS2/c1-10-9-11(16)3-4-12(10)13(19)18-7-5-15(21-2,6-8-18)14(17)20/h3-4,9H,5-8H2,1-2H3,(H2,17,20). The van der Waals surface area contributed by atoms with E-state index in [1.165, 1.54) is 12.1 Å². The predicted octanol–water partition coefficient (Wildman–Crippen LogP) is 2.76. The van der Waals surface area contributed by atoms with Gasteiger partial charge in [0.25, 0.3) is 5.91 Å². The molecule has 2 N–H and O–H groups in total. The van der Waals surface area contributed by atoms with Crippen molar-refractivity contribution in [1.29, 1.82) is 0 Å². The summed E-state index contributed by atoms with van der Waals surface area (Å²) in [6.45, 7) is 2.99. The molecule has 1 heterocycles. The lowest BCUT2D eigenvalue weighted by Crippen LogP contribution is -2.50. The van der Waals surface area contributed by atoms with E-state index >= 15 is 0 Å². The van der Waals surface area contributed by atoms with Crippen LogP contribution >= 0.6 is 24.0 Å². The first kappa shape index (κ1) is 16.2. The SMILES string of the molecule is CSC1(C(N)=S)CCN(C(=O)c2ccc(F)cc2C)CC1. The highest BCUT2D eigenvalue weighted by Gasteiger charge is 2.38. The number of amides is 1. The van der Waals surface area contributed by atoms with E-state index in [0.717, 1.165) is 12.8 Å². The zero-order valence-corrected chi connectivity index (χ0v) is 13.8. The number of carbonyl (C=O) groups is 1. The number of carbonyl (C=O) groups excluding carboxylic acids is 1. The molecule has 0 spiro atoms. The lowest BCUT2D eigenvalue weighted by molar-refractivity contribution is 0.0718. The Hall–Kier alpha value is -1.14. The van der Waals surface area contributed by atoms with Crippen LogP contribution in [0.3, 0.4) is 0 Å². The maximum Gasteiger partial charge on any atom is 0.254 e. The molecule has 0 bridgehead atoms. The lowest BCUT2D eigenvalue weighted by atomic mass is 9.94. The van der Waals surface area contributed by atoms with E-state index in [2.05, 4.69) is 0 Å². The average molecular weight is 326 g/mol. The molecule has 0 saturated carbocycles. The van der Waals surface area contributed by atoms with Crippen molar-refractivity contribution in [3.63, 3.8) is 0 Å². The van der Waals surface area contributed by atoms with E-state index < -0.39 is 0 Å². The van der Waals surface area contributed by atoms with Crippen molar-refractivity contribution < 1.29 is 9.18 Å². The third-order valence-electron chi connectivity index (χ3n) is 4.12. The molecular weight excluding hydrogens is 307 g/mol. The van der Waals surface area contributed by atoms with Crippen LogP contribution in [0, 0.1) is 12.7 Å². The van der Waals surface area contributed by atoms with Crippen molar-refractivity contribution in [2.75, 3.05) is 19.3 Å². The third-order valence-corrected chi connectivity index (χ3v) is 6.05. The highest BCUT2D eigenvalue weighted by atomic mass is 32.2. The first-order valence-corrected chi connectivity index (χ1v) is 8.43. The fourth-order valence-corrected chi connectivity index (χ4v) is 3.91. The van der Waals surface area contributed by atoms with Gasteiger partial charge in [-0.3, -0.25) is 4.79 Å². The van der Waals surface area contributed by atoms with Crippen LogP contribution in [-0.4, -0.2) is 39.9 Å². The van der Waals surface area contributed by atoms with E-state index in [1.54, 1.807) is 29.7 Å². The highest BCUT2D eigenvalue weighted by Crippen LogP contribution is 2.35. The van der Waals surface area contributed by atoms with Gasteiger partial charge < -0.3 is 10.6 Å². The van der Waals surface area contributed by atoms with Gasteiger partial charge >= 0.3 is 0 Å². The van der Waals surface area contributed by atoms with Crippen molar-refractivity contribution in [2.24, 2.45) is 5.73 Å². The quantitative estimate of drug-likeness (QED) is 0.868. The summed E-state index contributed by atoms with van der Waals surface area (Å²) in [4.78, 5) is 14.8. The Morgan fingerprint density at radius 2 is 2.05 bits per heavy atom. The molecular formula is C15H19FN2OS2. The number of hydrogen-bond acceptors (Lipinski definition) is 3. The molecule has 2 rings (SSSR count). The first-order chi connectivity index (χ1) is 9.89. The maximum atomic E-state index is 13.1. The van der Waals surface area contributed by atoms with E-state index in [0.29, 0.717) is 29.2 Å². The van der Waals surface area contributed by atoms with Gasteiger partial charge in [0.1, 0.15) is 5.82 Å². The number of aryl methyl sites for hydroxylation is 1. The first-order valence-electron chi connectivity index (χ1n) is 6.80. The van der Waals surface area contributed by atoms with Gasteiger partial charge in [0.15, 0.2) is 0 Å². The summed E-state index contributed by atoms with van der Waals surface area (Å²) in [5, 5.41) is 0. The lowest BCUT2D eigenvalue weighted by Gasteiger charge is -2.40. The third kappa shape index (κ3) is 3.21. The number of nitrogens with zero attached hydrogens (tertiary/aromatic N) is 1. The summed E-state index contributed by atoms with van der Waals surface area (Å²) in [6.07, 6.45) is 3.52. The molecule has 1 amide bonds. The predicted molar refractivity (Wildman–Crippen MR) is 89.3 cm³/mol. The van der Waals surface area contributed by atoms with Gasteiger partial charge in [0.2, 0.25) is 0 Å². The smallest absolute Gasteiger partial charge is 0.254 e. The number of nitrogens with two attached hydrogens (primary N) is 1. The molecule has 3 nitrogen and oxygen atoms in total. The van der Waals surface area contributed by atoms with Gasteiger partial charge in [0, 0.05) is 18.7 Å². The van der Waals surface area contributed by atoms with Crippen LogP contribution in [0.2, 0.25) is 0 Å². The Morgan fingerprint density at radius 3 is 2.52 bits per heavy atom. The van der Waals surface area contributed by atoms with Gasteiger partial charge in [-0.05, 0) is 49.8 Å². The molecule has 1 saturated heterocycles. The second-order valence-corrected chi connectivity index (χ2v) is 6.94. The summed E-state index contributed by atoms with van der Waals surface area (Å²) in [6, 6.07) is 4.26. The summed E-state index contributed by atoms with van der Waals surface area (Å²) in [5.41, 5.74) is 7.07. The summed E-state index contributed by atoms with van der Waals surface area (Å²) in [5.74, 6) is -0.372. The number of thiocarbonyl (C=S) groups is 1. The average Bonchev–Trinajstić information content (AvgIpc) is 2.46. The Kier molecular flexibility index (Phi) is 4.88. The summed E-state index contributed by atoms with van der Waals surface area (Å²) >= 11 is 6.83. The van der Waals surface area contributed by atoms with Crippen LogP contribution in [0.25, 0.3) is 0 Å². The van der Waals surface area contributed by atoms with Crippen LogP contribution in [0.5, 0.6) is 0 Å². The molecule has 21 heavy (non-hydrogen) atoms. The van der Waals surface area contributed by atoms with Gasteiger partial charge in [-0.2, -0.15) is 11.8 Å². The molecule has 1 aliphatic heterocycles. The molecule has 6 heteroatoms. The second kappa shape index (κ2) is 6.32. The second-order valence-electron chi connectivity index (χ2n) is 5.31. The van der Waals surface area contributed by atoms with Gasteiger partial charge in [-0.1, -0.05) is 12.2 Å². The molecule has 0 aromatic heterocycles. The normalized spacial score (nSPS) is 17.6. The van der Waals surface area contributed by atoms with E-state index in [9.17, 15) is 9.18 Å². The van der Waals surface area contributed by atoms with Crippen molar-refractivity contribution in [2.45, 2.75) is 24.5 Å². The Morgan fingerprint density at radius 1 is 1.43 bits per heavy atom. The van der Waals surface area contributed by atoms with Crippen LogP contribution < -0.4 is 5.73 Å². The van der Waals surface area contributed by atoms with E-state index in [1.807, 2.05) is 6.26 Å². The Labute approximate surface area is 134 Å². The maximum absolute atomic E-state index is 13.1. The Bertz CT molecular complexity index is 569. The molecule has 0 unspecified atom stereocenters. The Balaban J connectivity index is 2.12. The molecule has 1 aromatic carbocycles. The minimum atomic E-state index is -0.322. The molecule has 0 aliphatic carbocycles. The monoisotopic (exact) mass is 326 g/mol. The van der Waals surface area contributed by atoms with Gasteiger partial charge in [0.05, 0.1) is 9.74 Å². The largest absolute Gasteiger partial charge is 0.392 e. The van der Waals surface area contributed by atoms with Crippen molar-refractivity contribution in [3.05, 3.63) is 35.1 Å². The minimum Gasteiger partial charge on any atom is -0.392 e. The molecule has 0 radical (unpaired) electrons. The van der Waals surface area contributed by atoms with Crippen LogP contribution in [0.4, 0.5) is 4.39 Å². The molecule has 1 fully saturated rings. The number of rotatable bonds is 3. The molecule has 0 atom stereocenters. The van der Waals surface area contributed by atoms with E-state index in [4.69, 9.17) is 18.0 Å². The number of halogens is 1. The van der Waals surface area contributed by atoms with Crippen LogP contribution in [0.1, 0.15) is 28.8 Å². The topological polar surface area (TPSA) is 46.3 Å². The van der Waals surface area contributed by atoms with Crippen molar-refractivity contribution in [1.82, 2.24) is 4.90 Å². The summed E-state index contributed by atoms with van der Waals surface area (Å²) in [7, 11) is 0. The fraction of sp³-hybridized carbons (Fsp3) is 0.467. The minimum absolute atomic E-state index is 0.0508. The number of piperidine rings is 1. The van der Waals surface area contributed by atoms with Crippen LogP contribution in [0.15, 0.2) is 18.2 Å². The highest BCUT2D eigenvalue weighted by molar-refractivity contribution is 8.02. The van der Waals surface area contributed by atoms with Crippen molar-refractivity contribution in [3.8, 4) is 0 Å². The summed E-state index contributed by atoms with van der Waals surface area (Å²) < 4.78 is 12.9. The van der Waals surface area contributed by atoms with Gasteiger partial charge in [-0.25, -0.2) is 4.39 Å². The zero-order chi connectivity index (χ0) is 15.6. The number of thioether (sulfide) groups is 1. The van der Waals surface area contributed by atoms with Crippen LogP contribution in [-0.2, 0) is 0 Å². The number of benzene rings is 1. The molecule has 1 aliphatic rings. The van der Waals surface area contributed by atoms with E-state index in [-0.39, 0.29) is 16.5 Å². The van der Waals surface area contributed by atoms with Crippen molar-refractivity contribution >= 4 is 34.9 Å². The number of likely N-dealkylation sites (tertiary alicyclic amines) is 1.